The maximum atomic E-state index is 10.1. The zero-order valence-corrected chi connectivity index (χ0v) is 17.4. The van der Waals surface area contributed by atoms with Gasteiger partial charge in [-0.25, -0.2) is 4.98 Å². The molecule has 0 amide bonds. The third-order valence-corrected chi connectivity index (χ3v) is 5.45. The average molecular weight is 434 g/mol. The fourth-order valence-corrected chi connectivity index (χ4v) is 3.70. The second kappa shape index (κ2) is 8.13. The van der Waals surface area contributed by atoms with E-state index in [1.165, 1.54) is 0 Å². The topological polar surface area (TPSA) is 121 Å². The molecule has 1 aliphatic rings. The van der Waals surface area contributed by atoms with Crippen LogP contribution in [0, 0.1) is 0 Å². The molecule has 2 aromatic heterocycles. The number of ether oxygens (including phenoxy) is 2. The van der Waals surface area contributed by atoms with Crippen molar-refractivity contribution >= 4 is 22.8 Å². The summed E-state index contributed by atoms with van der Waals surface area (Å²) >= 11 is 6.44. The molecule has 4 N–H and O–H groups in total. The Labute approximate surface area is 178 Å². The molecule has 0 aliphatic carbocycles. The van der Waals surface area contributed by atoms with Crippen LogP contribution in [0.4, 0.5) is 0 Å². The highest BCUT2D eigenvalue weighted by molar-refractivity contribution is 6.33. The van der Waals surface area contributed by atoms with E-state index in [1.54, 1.807) is 19.9 Å². The molecular weight excluding hydrogens is 410 g/mol. The molecule has 8 nitrogen and oxygen atoms in total. The Bertz CT molecular complexity index is 1030. The average Bonchev–Trinajstić information content (AvgIpc) is 3.08. The van der Waals surface area contributed by atoms with Crippen LogP contribution in [0.15, 0.2) is 30.3 Å². The number of fused-ring (bicyclic) bond motifs is 1. The number of hydrogen-bond acceptors (Lipinski definition) is 7. The Balaban J connectivity index is 1.56. The Morgan fingerprint density at radius 3 is 2.63 bits per heavy atom. The summed E-state index contributed by atoms with van der Waals surface area (Å²) < 4.78 is 11.2. The van der Waals surface area contributed by atoms with Crippen molar-refractivity contribution in [2.45, 2.75) is 44.2 Å². The number of rotatable bonds is 5. The van der Waals surface area contributed by atoms with E-state index in [4.69, 9.17) is 26.2 Å². The van der Waals surface area contributed by atoms with Crippen molar-refractivity contribution in [2.75, 3.05) is 13.2 Å². The second-order valence-corrected chi connectivity index (χ2v) is 8.37. The SMILES string of the molecule is CC(C)(O)c1ccc(-c2nc3nc(O[C@H]4CO[C@H](CO)[C@@H](O)C4)[nH]c3cc2Cl)cc1. The van der Waals surface area contributed by atoms with Crippen LogP contribution < -0.4 is 4.74 Å². The van der Waals surface area contributed by atoms with Crippen LogP contribution in [0.2, 0.25) is 5.02 Å². The van der Waals surface area contributed by atoms with Gasteiger partial charge in [-0.3, -0.25) is 0 Å². The van der Waals surface area contributed by atoms with Crippen LogP contribution in [0.1, 0.15) is 25.8 Å². The number of nitrogens with one attached hydrogen (secondary N) is 1. The number of nitrogens with zero attached hydrogens (tertiary/aromatic N) is 2. The van der Waals surface area contributed by atoms with E-state index >= 15 is 0 Å². The highest BCUT2D eigenvalue weighted by Crippen LogP contribution is 2.31. The monoisotopic (exact) mass is 433 g/mol. The minimum Gasteiger partial charge on any atom is -0.459 e. The van der Waals surface area contributed by atoms with Crippen molar-refractivity contribution in [3.05, 3.63) is 40.9 Å². The molecule has 9 heteroatoms. The number of H-pyrrole nitrogens is 1. The molecule has 3 aromatic rings. The smallest absolute Gasteiger partial charge is 0.296 e. The summed E-state index contributed by atoms with van der Waals surface area (Å²) in [7, 11) is 0. The first-order chi connectivity index (χ1) is 14.2. The number of benzene rings is 1. The molecule has 3 atom stereocenters. The van der Waals surface area contributed by atoms with Crippen molar-refractivity contribution in [2.24, 2.45) is 0 Å². The fraction of sp³-hybridized carbons (Fsp3) is 0.429. The summed E-state index contributed by atoms with van der Waals surface area (Å²) in [5, 5.41) is 29.7. The highest BCUT2D eigenvalue weighted by Gasteiger charge is 2.31. The number of aromatic nitrogens is 3. The van der Waals surface area contributed by atoms with Crippen LogP contribution in [-0.2, 0) is 10.3 Å². The van der Waals surface area contributed by atoms with Crippen molar-refractivity contribution in [1.29, 1.82) is 0 Å². The van der Waals surface area contributed by atoms with Gasteiger partial charge >= 0.3 is 0 Å². The summed E-state index contributed by atoms with van der Waals surface area (Å²) in [6.45, 7) is 3.46. The van der Waals surface area contributed by atoms with Gasteiger partial charge in [0.05, 0.1) is 41.2 Å². The summed E-state index contributed by atoms with van der Waals surface area (Å²) in [6.07, 6.45) is -1.46. The molecule has 4 rings (SSSR count). The van der Waals surface area contributed by atoms with E-state index in [-0.39, 0.29) is 19.2 Å². The first-order valence-corrected chi connectivity index (χ1v) is 10.1. The maximum absolute atomic E-state index is 10.1. The molecule has 30 heavy (non-hydrogen) atoms. The lowest BCUT2D eigenvalue weighted by Gasteiger charge is -2.31. The Hall–Kier alpha value is -2.23. The number of aliphatic hydroxyl groups excluding tert-OH is 2. The van der Waals surface area contributed by atoms with Crippen molar-refractivity contribution < 1.29 is 24.8 Å². The quantitative estimate of drug-likeness (QED) is 0.487. The van der Waals surface area contributed by atoms with Crippen molar-refractivity contribution in [1.82, 2.24) is 15.0 Å². The van der Waals surface area contributed by atoms with Gasteiger partial charge in [-0.05, 0) is 25.5 Å². The van der Waals surface area contributed by atoms with Gasteiger partial charge in [-0.15, -0.1) is 0 Å². The molecule has 160 valence electrons. The predicted molar refractivity (Wildman–Crippen MR) is 111 cm³/mol. The standard InChI is InChI=1S/C21H24ClN3O5/c1-21(2,28)12-5-3-11(4-6-12)18-14(22)8-15-19(24-18)25-20(23-15)30-13-7-16(27)17(9-26)29-10-13/h3-6,8,13,16-17,26-28H,7,9-10H2,1-2H3,(H,23,24,25)/t13-,16+,17-/m1/s1. The number of imidazole rings is 1. The van der Waals surface area contributed by atoms with Gasteiger partial charge in [0.1, 0.15) is 12.2 Å². The van der Waals surface area contributed by atoms with Gasteiger partial charge in [0.2, 0.25) is 0 Å². The van der Waals surface area contributed by atoms with E-state index in [2.05, 4.69) is 15.0 Å². The Kier molecular flexibility index (Phi) is 5.69. The first-order valence-electron chi connectivity index (χ1n) is 9.71. The molecular formula is C21H24ClN3O5. The van der Waals surface area contributed by atoms with Gasteiger partial charge in [-0.1, -0.05) is 35.9 Å². The molecule has 1 saturated heterocycles. The van der Waals surface area contributed by atoms with E-state index in [0.29, 0.717) is 28.3 Å². The fourth-order valence-electron chi connectivity index (χ4n) is 3.44. The summed E-state index contributed by atoms with van der Waals surface area (Å²) in [5.41, 5.74) is 2.31. The van der Waals surface area contributed by atoms with Gasteiger partial charge in [0.25, 0.3) is 6.01 Å². The number of hydrogen-bond donors (Lipinski definition) is 4. The second-order valence-electron chi connectivity index (χ2n) is 7.97. The molecule has 1 fully saturated rings. The normalized spacial score (nSPS) is 22.4. The number of aliphatic hydroxyl groups is 3. The Morgan fingerprint density at radius 2 is 2.00 bits per heavy atom. The number of halogens is 1. The molecule has 1 aliphatic heterocycles. The molecule has 0 unspecified atom stereocenters. The van der Waals surface area contributed by atoms with Crippen LogP contribution in [0.3, 0.4) is 0 Å². The highest BCUT2D eigenvalue weighted by atomic mass is 35.5. The van der Waals surface area contributed by atoms with Gasteiger partial charge in [0, 0.05) is 12.0 Å². The predicted octanol–water partition coefficient (Wildman–Crippen LogP) is 2.40. The molecule has 0 bridgehead atoms. The molecule has 0 spiro atoms. The molecule has 1 aromatic carbocycles. The largest absolute Gasteiger partial charge is 0.459 e. The van der Waals surface area contributed by atoms with Crippen LogP contribution in [0.5, 0.6) is 6.01 Å². The van der Waals surface area contributed by atoms with E-state index in [1.807, 2.05) is 24.3 Å². The van der Waals surface area contributed by atoms with E-state index < -0.39 is 23.9 Å². The van der Waals surface area contributed by atoms with Crippen LogP contribution >= 0.6 is 11.6 Å². The van der Waals surface area contributed by atoms with Gasteiger partial charge in [-0.2, -0.15) is 4.98 Å². The Morgan fingerprint density at radius 1 is 1.27 bits per heavy atom. The first kappa shape index (κ1) is 21.0. The summed E-state index contributed by atoms with van der Waals surface area (Å²) in [5.74, 6) is 0. The van der Waals surface area contributed by atoms with Crippen molar-refractivity contribution in [3.8, 4) is 17.3 Å². The molecule has 0 saturated carbocycles. The van der Waals surface area contributed by atoms with Gasteiger partial charge in [0.15, 0.2) is 5.65 Å². The minimum atomic E-state index is -0.929. The lowest BCUT2D eigenvalue weighted by molar-refractivity contribution is -0.131. The maximum Gasteiger partial charge on any atom is 0.296 e. The van der Waals surface area contributed by atoms with Gasteiger partial charge < -0.3 is 29.8 Å². The zero-order valence-electron chi connectivity index (χ0n) is 16.7. The summed E-state index contributed by atoms with van der Waals surface area (Å²) in [6, 6.07) is 9.38. The van der Waals surface area contributed by atoms with E-state index in [9.17, 15) is 10.2 Å². The summed E-state index contributed by atoms with van der Waals surface area (Å²) in [4.78, 5) is 12.0. The third kappa shape index (κ3) is 4.28. The van der Waals surface area contributed by atoms with Crippen LogP contribution in [0.25, 0.3) is 22.4 Å². The minimum absolute atomic E-state index is 0.236. The number of aromatic amines is 1. The zero-order chi connectivity index (χ0) is 21.5. The number of pyridine rings is 1. The van der Waals surface area contributed by atoms with Crippen LogP contribution in [-0.4, -0.2) is 61.8 Å². The van der Waals surface area contributed by atoms with Crippen molar-refractivity contribution in [3.63, 3.8) is 0 Å². The van der Waals surface area contributed by atoms with E-state index in [0.717, 1.165) is 11.1 Å². The molecule has 0 radical (unpaired) electrons. The third-order valence-electron chi connectivity index (χ3n) is 5.16. The lowest BCUT2D eigenvalue weighted by atomic mass is 9.96. The lowest BCUT2D eigenvalue weighted by Crippen LogP contribution is -2.45. The molecule has 3 heterocycles.